The second-order valence-electron chi connectivity index (χ2n) is 14.5. The summed E-state index contributed by atoms with van der Waals surface area (Å²) in [6.45, 7) is 0. The molecule has 0 aliphatic rings. The van der Waals surface area contributed by atoms with E-state index in [2.05, 4.69) is 203 Å². The number of aromatic nitrogens is 2. The van der Waals surface area contributed by atoms with Gasteiger partial charge >= 0.3 is 0 Å². The van der Waals surface area contributed by atoms with Crippen molar-refractivity contribution in [2.45, 2.75) is 0 Å². The Balaban J connectivity index is 1.13. The normalized spacial score (nSPS) is 12.0. The summed E-state index contributed by atoms with van der Waals surface area (Å²) in [7, 11) is 0. The summed E-state index contributed by atoms with van der Waals surface area (Å²) in [6, 6.07) is 71.3. The topological polar surface area (TPSA) is 9.86 Å². The van der Waals surface area contributed by atoms with E-state index < -0.39 is 0 Å². The zero-order valence-corrected chi connectivity index (χ0v) is 30.6. The number of nitrogens with zero attached hydrogens (tertiary/aromatic N) is 2. The van der Waals surface area contributed by atoms with Crippen LogP contribution in [0.2, 0.25) is 0 Å². The molecule has 0 N–H and O–H groups in total. The maximum Gasteiger partial charge on any atom is 0.0720 e. The lowest BCUT2D eigenvalue weighted by atomic mass is 9.95. The largest absolute Gasteiger partial charge is 0.309 e. The van der Waals surface area contributed by atoms with E-state index in [4.69, 9.17) is 0 Å². The summed E-state index contributed by atoms with van der Waals surface area (Å²) >= 11 is 1.91. The van der Waals surface area contributed by atoms with E-state index in [-0.39, 0.29) is 0 Å². The maximum atomic E-state index is 2.50. The predicted molar refractivity (Wildman–Crippen MR) is 236 cm³/mol. The van der Waals surface area contributed by atoms with Gasteiger partial charge in [-0.2, -0.15) is 0 Å². The Kier molecular flexibility index (Phi) is 6.54. The first-order chi connectivity index (χ1) is 27.3. The second kappa shape index (κ2) is 11.8. The molecule has 55 heavy (non-hydrogen) atoms. The van der Waals surface area contributed by atoms with Gasteiger partial charge in [0.2, 0.25) is 0 Å². The van der Waals surface area contributed by atoms with Crippen LogP contribution >= 0.6 is 11.3 Å². The Morgan fingerprint density at radius 3 is 1.76 bits per heavy atom. The lowest BCUT2D eigenvalue weighted by Crippen LogP contribution is -1.94. The van der Waals surface area contributed by atoms with Crippen LogP contribution in [0.4, 0.5) is 0 Å². The number of fused-ring (bicyclic) bond motifs is 11. The first kappa shape index (κ1) is 30.5. The predicted octanol–water partition coefficient (Wildman–Crippen LogP) is 14.7. The highest BCUT2D eigenvalue weighted by molar-refractivity contribution is 7.26. The van der Waals surface area contributed by atoms with Gasteiger partial charge in [-0.25, -0.2) is 0 Å². The third-order valence-corrected chi connectivity index (χ3v) is 12.7. The van der Waals surface area contributed by atoms with Crippen molar-refractivity contribution in [3.8, 4) is 33.6 Å². The molecule has 0 bridgehead atoms. The number of hydrogen-bond donors (Lipinski definition) is 0. The van der Waals surface area contributed by atoms with Crippen molar-refractivity contribution >= 4 is 85.9 Å². The Morgan fingerprint density at radius 1 is 0.345 bits per heavy atom. The van der Waals surface area contributed by atoms with E-state index in [1.807, 2.05) is 11.3 Å². The minimum Gasteiger partial charge on any atom is -0.309 e. The molecule has 2 nitrogen and oxygen atoms in total. The third-order valence-electron chi connectivity index (χ3n) is 11.5. The number of thiophene rings is 1. The average molecular weight is 717 g/mol. The van der Waals surface area contributed by atoms with E-state index in [0.717, 1.165) is 5.69 Å². The highest BCUT2D eigenvalue weighted by Gasteiger charge is 2.22. The van der Waals surface area contributed by atoms with Crippen LogP contribution in [-0.2, 0) is 0 Å². The van der Waals surface area contributed by atoms with Gasteiger partial charge in [0.05, 0.1) is 26.8 Å². The minimum atomic E-state index is 1.16. The molecule has 0 saturated heterocycles. The molecule has 0 aliphatic carbocycles. The molecule has 0 saturated carbocycles. The molecule has 256 valence electrons. The Morgan fingerprint density at radius 2 is 0.945 bits per heavy atom. The molecule has 0 fully saturated rings. The van der Waals surface area contributed by atoms with Gasteiger partial charge in [-0.05, 0) is 93.7 Å². The Bertz CT molecular complexity index is 3470. The number of para-hydroxylation sites is 2. The van der Waals surface area contributed by atoms with Gasteiger partial charge in [-0.15, -0.1) is 11.3 Å². The van der Waals surface area contributed by atoms with Gasteiger partial charge in [0, 0.05) is 48.4 Å². The molecule has 0 atom stereocenters. The van der Waals surface area contributed by atoms with Gasteiger partial charge in [-0.1, -0.05) is 133 Å². The number of hydrogen-bond acceptors (Lipinski definition) is 1. The van der Waals surface area contributed by atoms with Gasteiger partial charge in [0.1, 0.15) is 0 Å². The standard InChI is InChI=1S/C52H32N2S/c1-2-12-33(13-3-1)35-22-26-38(27-23-35)53-46-19-9-6-16-40(46)44-31-37(25-29-48(44)53)43-32-45-41-17-7-10-20-47(41)54(39-28-24-34-14-4-5-15-36(34)30-39)51(45)52-50(43)42-18-8-11-21-49(42)55-52/h1-32H. The SMILES string of the molecule is c1ccc(-c2ccc(-n3c4ccccc4c4cc(-c5cc6c7ccccc7n(-c7ccc8ccccc8c7)c6c6sc7ccccc7c56)ccc43)cc2)cc1. The van der Waals surface area contributed by atoms with Crippen LogP contribution in [0.25, 0.3) is 108 Å². The zero-order chi connectivity index (χ0) is 36.0. The van der Waals surface area contributed by atoms with E-state index in [9.17, 15) is 0 Å². The van der Waals surface area contributed by atoms with E-state index in [0.29, 0.717) is 0 Å². The smallest absolute Gasteiger partial charge is 0.0720 e. The lowest BCUT2D eigenvalue weighted by molar-refractivity contribution is 1.18. The minimum absolute atomic E-state index is 1.16. The molecular weight excluding hydrogens is 685 g/mol. The van der Waals surface area contributed by atoms with Crippen molar-refractivity contribution < 1.29 is 0 Å². The number of rotatable bonds is 4. The summed E-state index contributed by atoms with van der Waals surface area (Å²) < 4.78 is 7.54. The van der Waals surface area contributed by atoms with Crippen LogP contribution < -0.4 is 0 Å². The average Bonchev–Trinajstić information content (AvgIpc) is 3.91. The molecule has 3 aromatic heterocycles. The fourth-order valence-corrected chi connectivity index (χ4v) is 10.3. The first-order valence-electron chi connectivity index (χ1n) is 18.8. The summed E-state index contributed by atoms with van der Waals surface area (Å²) in [5.41, 5.74) is 12.2. The number of benzene rings is 9. The third kappa shape index (κ3) is 4.54. The fraction of sp³-hybridized carbons (Fsp3) is 0. The molecule has 12 rings (SSSR count). The molecule has 12 aromatic rings. The molecular formula is C52H32N2S. The van der Waals surface area contributed by atoms with Crippen LogP contribution in [0.3, 0.4) is 0 Å². The highest BCUT2D eigenvalue weighted by Crippen LogP contribution is 2.48. The van der Waals surface area contributed by atoms with Crippen molar-refractivity contribution in [1.29, 1.82) is 0 Å². The molecule has 0 amide bonds. The zero-order valence-electron chi connectivity index (χ0n) is 29.8. The summed E-state index contributed by atoms with van der Waals surface area (Å²) in [4.78, 5) is 0. The van der Waals surface area contributed by atoms with E-state index in [1.165, 1.54) is 102 Å². The van der Waals surface area contributed by atoms with Crippen LogP contribution in [-0.4, -0.2) is 9.13 Å². The van der Waals surface area contributed by atoms with Crippen LogP contribution in [0.1, 0.15) is 0 Å². The Labute approximate surface area is 321 Å². The molecule has 0 unspecified atom stereocenters. The fourth-order valence-electron chi connectivity index (χ4n) is 8.99. The summed E-state index contributed by atoms with van der Waals surface area (Å²) in [5.74, 6) is 0. The lowest BCUT2D eigenvalue weighted by Gasteiger charge is -2.12. The summed E-state index contributed by atoms with van der Waals surface area (Å²) in [5, 5.41) is 10.2. The quantitative estimate of drug-likeness (QED) is 0.172. The second-order valence-corrected chi connectivity index (χ2v) is 15.6. The van der Waals surface area contributed by atoms with E-state index >= 15 is 0 Å². The molecule has 9 aromatic carbocycles. The Hall–Kier alpha value is -6.94. The summed E-state index contributed by atoms with van der Waals surface area (Å²) in [6.07, 6.45) is 0. The van der Waals surface area contributed by atoms with E-state index in [1.54, 1.807) is 0 Å². The van der Waals surface area contributed by atoms with Gasteiger partial charge in [-0.3, -0.25) is 0 Å². The first-order valence-corrected chi connectivity index (χ1v) is 19.7. The maximum absolute atomic E-state index is 2.50. The van der Waals surface area contributed by atoms with Gasteiger partial charge in [0.15, 0.2) is 0 Å². The van der Waals surface area contributed by atoms with Crippen LogP contribution in [0.15, 0.2) is 194 Å². The van der Waals surface area contributed by atoms with Crippen molar-refractivity contribution in [2.75, 3.05) is 0 Å². The van der Waals surface area contributed by atoms with Crippen LogP contribution in [0.5, 0.6) is 0 Å². The monoisotopic (exact) mass is 716 g/mol. The highest BCUT2D eigenvalue weighted by atomic mass is 32.1. The van der Waals surface area contributed by atoms with Crippen molar-refractivity contribution in [3.05, 3.63) is 194 Å². The molecule has 3 heteroatoms. The van der Waals surface area contributed by atoms with Crippen molar-refractivity contribution in [1.82, 2.24) is 9.13 Å². The van der Waals surface area contributed by atoms with Gasteiger partial charge in [0.25, 0.3) is 0 Å². The van der Waals surface area contributed by atoms with Crippen molar-refractivity contribution in [3.63, 3.8) is 0 Å². The van der Waals surface area contributed by atoms with Crippen molar-refractivity contribution in [2.24, 2.45) is 0 Å². The van der Waals surface area contributed by atoms with Gasteiger partial charge < -0.3 is 9.13 Å². The molecule has 0 aliphatic heterocycles. The molecule has 0 radical (unpaired) electrons. The molecule has 3 heterocycles. The molecule has 0 spiro atoms. The van der Waals surface area contributed by atoms with Crippen LogP contribution in [0, 0.1) is 0 Å².